The molecule has 0 bridgehead atoms. The zero-order chi connectivity index (χ0) is 17.4. The molecular weight excluding hydrogens is 300 g/mol. The summed E-state index contributed by atoms with van der Waals surface area (Å²) < 4.78 is 0. The van der Waals surface area contributed by atoms with E-state index in [-0.39, 0.29) is 6.61 Å². The van der Waals surface area contributed by atoms with Gasteiger partial charge >= 0.3 is 0 Å². The third-order valence-corrected chi connectivity index (χ3v) is 4.86. The first-order valence-electron chi connectivity index (χ1n) is 8.98. The third-order valence-electron chi connectivity index (χ3n) is 4.86. The molecule has 1 N–H and O–H groups in total. The lowest BCUT2D eigenvalue weighted by molar-refractivity contribution is 0.216. The van der Waals surface area contributed by atoms with Crippen molar-refractivity contribution in [2.24, 2.45) is 5.92 Å². The maximum Gasteiger partial charge on any atom is 0.151 e. The fourth-order valence-electron chi connectivity index (χ4n) is 3.17. The number of anilines is 1. The van der Waals surface area contributed by atoms with Crippen molar-refractivity contribution < 1.29 is 5.11 Å². The average molecular weight is 330 g/mol. The van der Waals surface area contributed by atoms with Crippen molar-refractivity contribution in [2.75, 3.05) is 38.2 Å². The molecule has 1 heterocycles. The van der Waals surface area contributed by atoms with Crippen molar-refractivity contribution in [3.8, 4) is 11.8 Å². The van der Waals surface area contributed by atoms with Crippen molar-refractivity contribution in [3.63, 3.8) is 0 Å². The summed E-state index contributed by atoms with van der Waals surface area (Å²) in [7, 11) is 2.12. The summed E-state index contributed by atoms with van der Waals surface area (Å²) in [6.45, 7) is 6.67. The summed E-state index contributed by atoms with van der Waals surface area (Å²) in [6, 6.07) is 4.60. The fraction of sp³-hybridized carbons (Fsp3) is 0.684. The molecule has 0 spiro atoms. The van der Waals surface area contributed by atoms with Crippen molar-refractivity contribution in [2.45, 2.75) is 45.6 Å². The monoisotopic (exact) mass is 330 g/mol. The van der Waals surface area contributed by atoms with E-state index >= 15 is 0 Å². The highest BCUT2D eigenvalue weighted by Gasteiger charge is 2.23. The number of aromatic nitrogens is 2. The molecule has 0 saturated heterocycles. The van der Waals surface area contributed by atoms with Gasteiger partial charge in [-0.15, -0.1) is 5.10 Å². The summed E-state index contributed by atoms with van der Waals surface area (Å²) in [5.74, 6) is 8.20. The van der Waals surface area contributed by atoms with Crippen LogP contribution in [0.5, 0.6) is 0 Å². The summed E-state index contributed by atoms with van der Waals surface area (Å²) in [6.07, 6.45) is 4.60. The van der Waals surface area contributed by atoms with E-state index in [2.05, 4.69) is 51.9 Å². The molecule has 1 aliphatic carbocycles. The molecule has 1 aliphatic rings. The minimum absolute atomic E-state index is 0.203. The standard InChI is InChI=1S/C19H30N4O/c1-4-23(14-15-24)13-5-6-17-8-10-18(11-9-17)22(3)19-12-7-16(2)20-21-19/h7,12,17-18,24H,4,8-11,13-15H2,1-3H3. The number of aliphatic hydroxyl groups excluding tert-OH is 1. The Kier molecular flexibility index (Phi) is 7.48. The van der Waals surface area contributed by atoms with Gasteiger partial charge in [0.05, 0.1) is 18.8 Å². The summed E-state index contributed by atoms with van der Waals surface area (Å²) >= 11 is 0. The number of aryl methyl sites for hydroxylation is 1. The highest BCUT2D eigenvalue weighted by Crippen LogP contribution is 2.28. The summed E-state index contributed by atoms with van der Waals surface area (Å²) in [5.41, 5.74) is 0.952. The van der Waals surface area contributed by atoms with Crippen LogP contribution in [0.3, 0.4) is 0 Å². The Bertz CT molecular complexity index is 541. The highest BCUT2D eigenvalue weighted by molar-refractivity contribution is 5.37. The lowest BCUT2D eigenvalue weighted by Crippen LogP contribution is -2.35. The van der Waals surface area contributed by atoms with Gasteiger partial charge in [-0.1, -0.05) is 18.8 Å². The number of aliphatic hydroxyl groups is 1. The molecule has 1 aromatic rings. The van der Waals surface area contributed by atoms with Crippen LogP contribution in [0.1, 0.15) is 38.3 Å². The van der Waals surface area contributed by atoms with Crippen molar-refractivity contribution in [3.05, 3.63) is 17.8 Å². The van der Waals surface area contributed by atoms with Crippen molar-refractivity contribution in [1.82, 2.24) is 15.1 Å². The lowest BCUT2D eigenvalue weighted by atomic mass is 9.86. The second-order valence-corrected chi connectivity index (χ2v) is 6.56. The van der Waals surface area contributed by atoms with E-state index in [1.807, 2.05) is 13.0 Å². The molecule has 0 amide bonds. The maximum absolute atomic E-state index is 9.00. The van der Waals surface area contributed by atoms with E-state index in [1.54, 1.807) is 0 Å². The zero-order valence-corrected chi connectivity index (χ0v) is 15.2. The molecule has 0 aliphatic heterocycles. The third kappa shape index (κ3) is 5.47. The Hall–Kier alpha value is -1.64. The van der Waals surface area contributed by atoms with Gasteiger partial charge in [-0.25, -0.2) is 0 Å². The molecule has 2 rings (SSSR count). The average Bonchev–Trinajstić information content (AvgIpc) is 2.61. The van der Waals surface area contributed by atoms with Crippen LogP contribution < -0.4 is 4.90 Å². The largest absolute Gasteiger partial charge is 0.395 e. The molecule has 24 heavy (non-hydrogen) atoms. The van der Waals surface area contributed by atoms with Crippen LogP contribution in [-0.4, -0.2) is 59.5 Å². The number of nitrogens with zero attached hydrogens (tertiary/aromatic N) is 4. The van der Waals surface area contributed by atoms with Crippen LogP contribution in [0, 0.1) is 24.7 Å². The van der Waals surface area contributed by atoms with E-state index in [0.29, 0.717) is 18.5 Å². The quantitative estimate of drug-likeness (QED) is 0.810. The summed E-state index contributed by atoms with van der Waals surface area (Å²) in [4.78, 5) is 4.43. The molecule has 0 unspecified atom stereocenters. The Labute approximate surface area is 146 Å². The molecule has 0 aromatic carbocycles. The van der Waals surface area contributed by atoms with Crippen LogP contribution in [-0.2, 0) is 0 Å². The molecule has 0 atom stereocenters. The van der Waals surface area contributed by atoms with Gasteiger partial charge in [0.25, 0.3) is 0 Å². The van der Waals surface area contributed by atoms with Gasteiger partial charge in [0, 0.05) is 25.6 Å². The fourth-order valence-corrected chi connectivity index (χ4v) is 3.17. The second kappa shape index (κ2) is 9.61. The Morgan fingerprint density at radius 2 is 1.96 bits per heavy atom. The molecule has 132 valence electrons. The van der Waals surface area contributed by atoms with Gasteiger partial charge in [-0.3, -0.25) is 4.90 Å². The predicted octanol–water partition coefficient (Wildman–Crippen LogP) is 2.10. The Morgan fingerprint density at radius 1 is 1.21 bits per heavy atom. The molecular formula is C19H30N4O. The number of rotatable bonds is 6. The topological polar surface area (TPSA) is 52.5 Å². The number of likely N-dealkylation sites (N-methyl/N-ethyl adjacent to an activating group) is 1. The maximum atomic E-state index is 9.00. The Balaban J connectivity index is 1.80. The van der Waals surface area contributed by atoms with E-state index in [0.717, 1.165) is 50.3 Å². The van der Waals surface area contributed by atoms with E-state index in [9.17, 15) is 0 Å². The first-order valence-corrected chi connectivity index (χ1v) is 8.98. The zero-order valence-electron chi connectivity index (χ0n) is 15.2. The summed E-state index contributed by atoms with van der Waals surface area (Å²) in [5, 5.41) is 17.4. The Morgan fingerprint density at radius 3 is 2.54 bits per heavy atom. The smallest absolute Gasteiger partial charge is 0.151 e. The normalized spacial score (nSPS) is 20.5. The minimum atomic E-state index is 0.203. The van der Waals surface area contributed by atoms with Gasteiger partial charge in [0.15, 0.2) is 5.82 Å². The first-order chi connectivity index (χ1) is 11.6. The van der Waals surface area contributed by atoms with Gasteiger partial charge in [0.2, 0.25) is 0 Å². The second-order valence-electron chi connectivity index (χ2n) is 6.56. The minimum Gasteiger partial charge on any atom is -0.395 e. The van der Waals surface area contributed by atoms with E-state index in [1.165, 1.54) is 0 Å². The molecule has 5 heteroatoms. The molecule has 1 fully saturated rings. The highest BCUT2D eigenvalue weighted by atomic mass is 16.3. The van der Waals surface area contributed by atoms with Crippen molar-refractivity contribution >= 4 is 5.82 Å². The van der Waals surface area contributed by atoms with Gasteiger partial charge in [-0.05, 0) is 51.3 Å². The van der Waals surface area contributed by atoms with Crippen LogP contribution in [0.25, 0.3) is 0 Å². The van der Waals surface area contributed by atoms with Crippen LogP contribution in [0.4, 0.5) is 5.82 Å². The van der Waals surface area contributed by atoms with E-state index in [4.69, 9.17) is 5.11 Å². The lowest BCUT2D eigenvalue weighted by Gasteiger charge is -2.33. The molecule has 5 nitrogen and oxygen atoms in total. The molecule has 1 aromatic heterocycles. The number of hydrogen-bond acceptors (Lipinski definition) is 5. The van der Waals surface area contributed by atoms with Crippen LogP contribution >= 0.6 is 0 Å². The van der Waals surface area contributed by atoms with Gasteiger partial charge in [0.1, 0.15) is 0 Å². The van der Waals surface area contributed by atoms with Gasteiger partial charge in [-0.2, -0.15) is 5.10 Å². The molecule has 1 saturated carbocycles. The van der Waals surface area contributed by atoms with Crippen molar-refractivity contribution in [1.29, 1.82) is 0 Å². The van der Waals surface area contributed by atoms with Crippen LogP contribution in [0.2, 0.25) is 0 Å². The predicted molar refractivity (Wildman–Crippen MR) is 97.9 cm³/mol. The van der Waals surface area contributed by atoms with Gasteiger partial charge < -0.3 is 10.0 Å². The SMILES string of the molecule is CCN(CC#CC1CCC(N(C)c2ccc(C)nn2)CC1)CCO. The molecule has 0 radical (unpaired) electrons. The van der Waals surface area contributed by atoms with Crippen LogP contribution in [0.15, 0.2) is 12.1 Å². The number of hydrogen-bond donors (Lipinski definition) is 1. The van der Waals surface area contributed by atoms with E-state index < -0.39 is 0 Å². The first kappa shape index (κ1) is 18.7.